The van der Waals surface area contributed by atoms with Crippen molar-refractivity contribution in [1.29, 1.82) is 0 Å². The SMILES string of the molecule is CCCCC(CC)C(=O)OCC(C)(C)C.OCCO. The van der Waals surface area contributed by atoms with Crippen LogP contribution in [-0.2, 0) is 9.53 Å². The van der Waals surface area contributed by atoms with Crippen LogP contribution in [0.5, 0.6) is 0 Å². The van der Waals surface area contributed by atoms with E-state index in [-0.39, 0.29) is 30.5 Å². The van der Waals surface area contributed by atoms with Gasteiger partial charge in [-0.15, -0.1) is 0 Å². The fourth-order valence-electron chi connectivity index (χ4n) is 1.34. The number of rotatable bonds is 7. The molecule has 0 saturated carbocycles. The monoisotopic (exact) mass is 276 g/mol. The average molecular weight is 276 g/mol. The molecule has 0 amide bonds. The van der Waals surface area contributed by atoms with Gasteiger partial charge in [0, 0.05) is 0 Å². The van der Waals surface area contributed by atoms with Crippen LogP contribution in [-0.4, -0.2) is 36.0 Å². The van der Waals surface area contributed by atoms with Crippen molar-refractivity contribution in [3.05, 3.63) is 0 Å². The van der Waals surface area contributed by atoms with Crippen molar-refractivity contribution in [2.75, 3.05) is 19.8 Å². The van der Waals surface area contributed by atoms with E-state index in [1.54, 1.807) is 0 Å². The van der Waals surface area contributed by atoms with Crippen LogP contribution in [0.1, 0.15) is 60.3 Å². The Morgan fingerprint density at radius 3 is 2.00 bits per heavy atom. The maximum absolute atomic E-state index is 11.7. The maximum Gasteiger partial charge on any atom is 0.308 e. The zero-order chi connectivity index (χ0) is 15.3. The van der Waals surface area contributed by atoms with Crippen LogP contribution in [0.4, 0.5) is 0 Å². The van der Waals surface area contributed by atoms with Gasteiger partial charge in [0.15, 0.2) is 0 Å². The van der Waals surface area contributed by atoms with Gasteiger partial charge in [-0.3, -0.25) is 4.79 Å². The molecule has 0 bridgehead atoms. The number of esters is 1. The van der Waals surface area contributed by atoms with Gasteiger partial charge in [-0.1, -0.05) is 47.5 Å². The predicted octanol–water partition coefficient (Wildman–Crippen LogP) is 2.76. The summed E-state index contributed by atoms with van der Waals surface area (Å²) in [6.45, 7) is 10.7. The van der Waals surface area contributed by atoms with E-state index in [0.717, 1.165) is 25.7 Å². The fraction of sp³-hybridized carbons (Fsp3) is 0.933. The average Bonchev–Trinajstić information content (AvgIpc) is 2.36. The van der Waals surface area contributed by atoms with Gasteiger partial charge < -0.3 is 14.9 Å². The number of aliphatic hydroxyl groups excluding tert-OH is 2. The zero-order valence-corrected chi connectivity index (χ0v) is 13.2. The molecule has 0 saturated heterocycles. The Morgan fingerprint density at radius 1 is 1.16 bits per heavy atom. The second kappa shape index (κ2) is 12.4. The summed E-state index contributed by atoms with van der Waals surface area (Å²) in [6, 6.07) is 0. The summed E-state index contributed by atoms with van der Waals surface area (Å²) in [6.07, 6.45) is 4.12. The molecule has 0 heterocycles. The lowest BCUT2D eigenvalue weighted by molar-refractivity contribution is -0.151. The lowest BCUT2D eigenvalue weighted by atomic mass is 9.97. The number of hydrogen-bond acceptors (Lipinski definition) is 4. The standard InChI is InChI=1S/C13H26O2.C2H6O2/c1-6-8-9-11(7-2)12(14)15-10-13(3,4)5;3-1-2-4/h11H,6-10H2,1-5H3;3-4H,1-2H2. The zero-order valence-electron chi connectivity index (χ0n) is 13.2. The molecule has 0 aromatic rings. The van der Waals surface area contributed by atoms with Crippen LogP contribution in [0.25, 0.3) is 0 Å². The van der Waals surface area contributed by atoms with Crippen molar-refractivity contribution in [2.24, 2.45) is 11.3 Å². The van der Waals surface area contributed by atoms with Crippen molar-refractivity contribution >= 4 is 5.97 Å². The number of aliphatic hydroxyl groups is 2. The predicted molar refractivity (Wildman–Crippen MR) is 77.9 cm³/mol. The molecule has 0 aromatic carbocycles. The van der Waals surface area contributed by atoms with E-state index in [1.165, 1.54) is 0 Å². The molecule has 0 rings (SSSR count). The molecule has 19 heavy (non-hydrogen) atoms. The number of carbonyl (C=O) groups excluding carboxylic acids is 1. The fourth-order valence-corrected chi connectivity index (χ4v) is 1.34. The van der Waals surface area contributed by atoms with Crippen molar-refractivity contribution in [1.82, 2.24) is 0 Å². The van der Waals surface area contributed by atoms with Crippen molar-refractivity contribution in [3.63, 3.8) is 0 Å². The molecular formula is C15H32O4. The van der Waals surface area contributed by atoms with Gasteiger partial charge in [-0.05, 0) is 18.3 Å². The largest absolute Gasteiger partial charge is 0.465 e. The van der Waals surface area contributed by atoms with Gasteiger partial charge in [0.25, 0.3) is 0 Å². The minimum atomic E-state index is -0.125. The van der Waals surface area contributed by atoms with Crippen LogP contribution < -0.4 is 0 Å². The first kappa shape index (κ1) is 20.7. The smallest absolute Gasteiger partial charge is 0.308 e. The van der Waals surface area contributed by atoms with E-state index in [1.807, 2.05) is 0 Å². The highest BCUT2D eigenvalue weighted by atomic mass is 16.5. The third kappa shape index (κ3) is 15.3. The highest BCUT2D eigenvalue weighted by Crippen LogP contribution is 2.18. The van der Waals surface area contributed by atoms with Gasteiger partial charge in [0.2, 0.25) is 0 Å². The second-order valence-corrected chi connectivity index (χ2v) is 5.86. The third-order valence-electron chi connectivity index (χ3n) is 2.48. The lowest BCUT2D eigenvalue weighted by Crippen LogP contribution is -2.23. The highest BCUT2D eigenvalue weighted by molar-refractivity contribution is 5.72. The number of carbonyl (C=O) groups is 1. The van der Waals surface area contributed by atoms with Crippen molar-refractivity contribution in [3.8, 4) is 0 Å². The first-order chi connectivity index (χ1) is 8.82. The molecule has 2 N–H and O–H groups in total. The van der Waals surface area contributed by atoms with Gasteiger partial charge in [0.05, 0.1) is 25.7 Å². The molecule has 116 valence electrons. The van der Waals surface area contributed by atoms with E-state index in [0.29, 0.717) is 6.61 Å². The summed E-state index contributed by atoms with van der Waals surface area (Å²) in [5.74, 6) is 0.0909. The molecule has 4 nitrogen and oxygen atoms in total. The Hall–Kier alpha value is -0.610. The number of ether oxygens (including phenoxy) is 1. The molecule has 0 radical (unpaired) electrons. The lowest BCUT2D eigenvalue weighted by Gasteiger charge is -2.20. The molecule has 0 aliphatic carbocycles. The van der Waals surface area contributed by atoms with Gasteiger partial charge in [-0.2, -0.15) is 0 Å². The van der Waals surface area contributed by atoms with Crippen LogP contribution >= 0.6 is 0 Å². The summed E-state index contributed by atoms with van der Waals surface area (Å²) in [5.41, 5.74) is 0.0682. The molecule has 1 atom stereocenters. The summed E-state index contributed by atoms with van der Waals surface area (Å²) in [5, 5.41) is 15.2. The third-order valence-corrected chi connectivity index (χ3v) is 2.48. The van der Waals surface area contributed by atoms with Gasteiger partial charge in [-0.25, -0.2) is 0 Å². The van der Waals surface area contributed by atoms with Crippen LogP contribution in [0.2, 0.25) is 0 Å². The Morgan fingerprint density at radius 2 is 1.68 bits per heavy atom. The molecule has 0 aliphatic rings. The second-order valence-electron chi connectivity index (χ2n) is 5.86. The molecule has 4 heteroatoms. The molecule has 0 spiro atoms. The molecule has 0 aromatic heterocycles. The van der Waals surface area contributed by atoms with E-state index in [4.69, 9.17) is 14.9 Å². The minimum absolute atomic E-state index is 0.0131. The minimum Gasteiger partial charge on any atom is -0.465 e. The summed E-state index contributed by atoms with van der Waals surface area (Å²) < 4.78 is 5.32. The Balaban J connectivity index is 0. The molecule has 0 fully saturated rings. The Labute approximate surface area is 118 Å². The van der Waals surface area contributed by atoms with Crippen LogP contribution in [0.3, 0.4) is 0 Å². The quantitative estimate of drug-likeness (QED) is 0.702. The van der Waals surface area contributed by atoms with Crippen molar-refractivity contribution in [2.45, 2.75) is 60.3 Å². The summed E-state index contributed by atoms with van der Waals surface area (Å²) >= 11 is 0. The first-order valence-electron chi connectivity index (χ1n) is 7.20. The molecular weight excluding hydrogens is 244 g/mol. The first-order valence-corrected chi connectivity index (χ1v) is 7.20. The topological polar surface area (TPSA) is 66.8 Å². The van der Waals surface area contributed by atoms with Crippen LogP contribution in [0, 0.1) is 11.3 Å². The maximum atomic E-state index is 11.7. The van der Waals surface area contributed by atoms with Gasteiger partial charge >= 0.3 is 5.97 Å². The Bertz CT molecular complexity index is 207. The van der Waals surface area contributed by atoms with Gasteiger partial charge in [0.1, 0.15) is 0 Å². The summed E-state index contributed by atoms with van der Waals surface area (Å²) in [7, 11) is 0. The van der Waals surface area contributed by atoms with Crippen LogP contribution in [0.15, 0.2) is 0 Å². The van der Waals surface area contributed by atoms with Crippen molar-refractivity contribution < 1.29 is 19.7 Å². The molecule has 0 aliphatic heterocycles. The normalized spacial score (nSPS) is 12.4. The van der Waals surface area contributed by atoms with E-state index < -0.39 is 0 Å². The number of hydrogen-bond donors (Lipinski definition) is 2. The highest BCUT2D eigenvalue weighted by Gasteiger charge is 2.20. The molecule has 1 unspecified atom stereocenters. The van der Waals surface area contributed by atoms with E-state index in [9.17, 15) is 4.79 Å². The summed E-state index contributed by atoms with van der Waals surface area (Å²) in [4.78, 5) is 11.7. The Kier molecular flexibility index (Phi) is 13.5. The number of unbranched alkanes of at least 4 members (excludes halogenated alkanes) is 1. The van der Waals surface area contributed by atoms with E-state index in [2.05, 4.69) is 34.6 Å². The van der Waals surface area contributed by atoms with E-state index >= 15 is 0 Å².